The van der Waals surface area contributed by atoms with Crippen LogP contribution in [0.25, 0.3) is 0 Å². The second kappa shape index (κ2) is 7.68. The summed E-state index contributed by atoms with van der Waals surface area (Å²) in [5.74, 6) is -6.96. The van der Waals surface area contributed by atoms with E-state index in [2.05, 4.69) is 0 Å². The molecule has 0 radical (unpaired) electrons. The zero-order chi connectivity index (χ0) is 20.4. The fourth-order valence-corrected chi connectivity index (χ4v) is 2.27. The Balaban J connectivity index is 2.29. The van der Waals surface area contributed by atoms with Gasteiger partial charge in [-0.2, -0.15) is 13.2 Å². The van der Waals surface area contributed by atoms with Crippen LogP contribution in [0.2, 0.25) is 0 Å². The average Bonchev–Trinajstić information content (AvgIpc) is 2.59. The first-order valence-electron chi connectivity index (χ1n) is 7.40. The maximum absolute atomic E-state index is 13.6. The zero-order valence-electron chi connectivity index (χ0n) is 13.7. The Morgan fingerprint density at radius 1 is 1.00 bits per heavy atom. The van der Waals surface area contributed by atoms with Gasteiger partial charge in [0.05, 0.1) is 16.9 Å². The van der Waals surface area contributed by atoms with Gasteiger partial charge in [0.15, 0.2) is 17.5 Å². The fourth-order valence-electron chi connectivity index (χ4n) is 2.27. The van der Waals surface area contributed by atoms with Crippen LogP contribution in [0.4, 0.5) is 37.7 Å². The number of carbonyl (C=O) groups is 2. The summed E-state index contributed by atoms with van der Waals surface area (Å²) in [6.45, 7) is 0.0411. The molecule has 0 atom stereocenters. The largest absolute Gasteiger partial charge is 0.418 e. The molecule has 0 saturated carbocycles. The fraction of sp³-hybridized carbons (Fsp3) is 0.176. The third kappa shape index (κ3) is 4.57. The van der Waals surface area contributed by atoms with Crippen molar-refractivity contribution in [3.05, 3.63) is 59.4 Å². The summed E-state index contributed by atoms with van der Waals surface area (Å²) in [6, 6.07) is 5.39. The van der Waals surface area contributed by atoms with Crippen LogP contribution in [0.1, 0.15) is 12.5 Å². The van der Waals surface area contributed by atoms with Crippen molar-refractivity contribution in [1.29, 1.82) is 0 Å². The lowest BCUT2D eigenvalue weighted by Gasteiger charge is -2.24. The lowest BCUT2D eigenvalue weighted by atomic mass is 10.1. The number of benzene rings is 2. The maximum atomic E-state index is 13.6. The van der Waals surface area contributed by atoms with Crippen LogP contribution in [-0.4, -0.2) is 18.4 Å². The molecule has 4 nitrogen and oxygen atoms in total. The van der Waals surface area contributed by atoms with Crippen LogP contribution >= 0.6 is 0 Å². The molecule has 0 saturated heterocycles. The molecule has 0 aliphatic heterocycles. The molecule has 0 aliphatic rings. The molecule has 0 heterocycles. The van der Waals surface area contributed by atoms with Crippen molar-refractivity contribution < 1.29 is 35.9 Å². The van der Waals surface area contributed by atoms with Crippen molar-refractivity contribution >= 4 is 23.2 Å². The summed E-state index contributed by atoms with van der Waals surface area (Å²) in [6.07, 6.45) is -4.78. The van der Waals surface area contributed by atoms with Gasteiger partial charge in [-0.3, -0.25) is 9.59 Å². The summed E-state index contributed by atoms with van der Waals surface area (Å²) in [5.41, 5.74) is -2.43. The Hall–Kier alpha value is -3.04. The van der Waals surface area contributed by atoms with Crippen LogP contribution in [0, 0.1) is 17.5 Å². The SMILES string of the molecule is CC(=O)N(CC(=O)Nc1ccc(F)c(F)c1F)c1ccccc1C(F)(F)F. The van der Waals surface area contributed by atoms with Crippen molar-refractivity contribution in [2.24, 2.45) is 0 Å². The molecule has 10 heteroatoms. The molecule has 2 aromatic carbocycles. The molecule has 144 valence electrons. The van der Waals surface area contributed by atoms with Gasteiger partial charge in [-0.1, -0.05) is 12.1 Å². The predicted molar refractivity (Wildman–Crippen MR) is 84.4 cm³/mol. The minimum Gasteiger partial charge on any atom is -0.322 e. The van der Waals surface area contributed by atoms with Gasteiger partial charge in [0.2, 0.25) is 11.8 Å². The van der Waals surface area contributed by atoms with E-state index in [4.69, 9.17) is 0 Å². The van der Waals surface area contributed by atoms with Crippen LogP contribution < -0.4 is 10.2 Å². The quantitative estimate of drug-likeness (QED) is 0.631. The molecule has 0 aliphatic carbocycles. The Labute approximate surface area is 149 Å². The lowest BCUT2D eigenvalue weighted by molar-refractivity contribution is -0.137. The Bertz CT molecular complexity index is 882. The number of alkyl halides is 3. The summed E-state index contributed by atoms with van der Waals surface area (Å²) in [7, 11) is 0. The van der Waals surface area contributed by atoms with Gasteiger partial charge >= 0.3 is 6.18 Å². The Kier molecular flexibility index (Phi) is 5.77. The van der Waals surface area contributed by atoms with Crippen molar-refractivity contribution in [3.8, 4) is 0 Å². The number of hydrogen-bond donors (Lipinski definition) is 1. The van der Waals surface area contributed by atoms with Crippen LogP contribution in [0.5, 0.6) is 0 Å². The molecule has 0 bridgehead atoms. The number of para-hydroxylation sites is 1. The third-order valence-electron chi connectivity index (χ3n) is 3.49. The predicted octanol–water partition coefficient (Wildman–Crippen LogP) is 4.11. The van der Waals surface area contributed by atoms with Crippen molar-refractivity contribution in [1.82, 2.24) is 0 Å². The minimum absolute atomic E-state index is 0.538. The lowest BCUT2D eigenvalue weighted by Crippen LogP contribution is -2.38. The van der Waals surface area contributed by atoms with E-state index in [-0.39, 0.29) is 0 Å². The van der Waals surface area contributed by atoms with E-state index in [9.17, 15) is 35.9 Å². The molecule has 0 fully saturated rings. The molecular formula is C17H12F6N2O2. The summed E-state index contributed by atoms with van der Waals surface area (Å²) in [4.78, 5) is 24.4. The molecule has 0 aromatic heterocycles. The number of halogens is 6. The first-order valence-corrected chi connectivity index (χ1v) is 7.40. The van der Waals surface area contributed by atoms with E-state index in [1.807, 2.05) is 5.32 Å². The smallest absolute Gasteiger partial charge is 0.322 e. The molecular weight excluding hydrogens is 378 g/mol. The normalized spacial score (nSPS) is 11.2. The van der Waals surface area contributed by atoms with Gasteiger partial charge in [-0.05, 0) is 24.3 Å². The topological polar surface area (TPSA) is 49.4 Å². The van der Waals surface area contributed by atoms with E-state index in [0.717, 1.165) is 31.2 Å². The van der Waals surface area contributed by atoms with E-state index >= 15 is 0 Å². The number of carbonyl (C=O) groups excluding carboxylic acids is 2. The van der Waals surface area contributed by atoms with Crippen molar-refractivity contribution in [2.75, 3.05) is 16.8 Å². The third-order valence-corrected chi connectivity index (χ3v) is 3.49. The minimum atomic E-state index is -4.78. The highest BCUT2D eigenvalue weighted by Crippen LogP contribution is 2.36. The van der Waals surface area contributed by atoms with Gasteiger partial charge in [0.1, 0.15) is 6.54 Å². The van der Waals surface area contributed by atoms with E-state index < -0.39 is 58.9 Å². The average molecular weight is 390 g/mol. The molecule has 1 N–H and O–H groups in total. The molecule has 2 aromatic rings. The first-order chi connectivity index (χ1) is 12.5. The molecule has 0 spiro atoms. The van der Waals surface area contributed by atoms with Gasteiger partial charge in [0.25, 0.3) is 0 Å². The van der Waals surface area contributed by atoms with Gasteiger partial charge < -0.3 is 10.2 Å². The van der Waals surface area contributed by atoms with E-state index in [1.54, 1.807) is 0 Å². The highest BCUT2D eigenvalue weighted by Gasteiger charge is 2.35. The second-order valence-electron chi connectivity index (χ2n) is 5.39. The van der Waals surface area contributed by atoms with E-state index in [0.29, 0.717) is 11.0 Å². The van der Waals surface area contributed by atoms with Gasteiger partial charge in [0, 0.05) is 6.92 Å². The molecule has 0 unspecified atom stereocenters. The number of nitrogens with zero attached hydrogens (tertiary/aromatic N) is 1. The molecule has 27 heavy (non-hydrogen) atoms. The number of hydrogen-bond acceptors (Lipinski definition) is 2. The number of amides is 2. The number of rotatable bonds is 4. The highest BCUT2D eigenvalue weighted by atomic mass is 19.4. The van der Waals surface area contributed by atoms with Gasteiger partial charge in [-0.25, -0.2) is 13.2 Å². The maximum Gasteiger partial charge on any atom is 0.418 e. The standard InChI is InChI=1S/C17H12F6N2O2/c1-9(26)25(13-5-3-2-4-10(13)17(21,22)23)8-14(27)24-12-7-6-11(18)15(19)16(12)20/h2-7H,8H2,1H3,(H,24,27). The monoisotopic (exact) mass is 390 g/mol. The zero-order valence-corrected chi connectivity index (χ0v) is 13.7. The Morgan fingerprint density at radius 2 is 1.63 bits per heavy atom. The van der Waals surface area contributed by atoms with Crippen molar-refractivity contribution in [3.63, 3.8) is 0 Å². The van der Waals surface area contributed by atoms with Crippen LogP contribution in [-0.2, 0) is 15.8 Å². The number of anilines is 2. The van der Waals surface area contributed by atoms with Crippen molar-refractivity contribution in [2.45, 2.75) is 13.1 Å². The Morgan fingerprint density at radius 3 is 2.22 bits per heavy atom. The highest BCUT2D eigenvalue weighted by molar-refractivity contribution is 6.02. The number of nitrogens with one attached hydrogen (secondary N) is 1. The summed E-state index contributed by atoms with van der Waals surface area (Å²) < 4.78 is 79.1. The second-order valence-corrected chi connectivity index (χ2v) is 5.39. The van der Waals surface area contributed by atoms with Crippen LogP contribution in [0.3, 0.4) is 0 Å². The summed E-state index contributed by atoms with van der Waals surface area (Å²) >= 11 is 0. The molecule has 2 amide bonds. The van der Waals surface area contributed by atoms with Gasteiger partial charge in [-0.15, -0.1) is 0 Å². The first kappa shape index (κ1) is 20.3. The summed E-state index contributed by atoms with van der Waals surface area (Å²) in [5, 5.41) is 1.90. The van der Waals surface area contributed by atoms with Crippen LogP contribution in [0.15, 0.2) is 36.4 Å². The molecule has 2 rings (SSSR count). The van der Waals surface area contributed by atoms with E-state index in [1.165, 1.54) is 6.07 Å².